The summed E-state index contributed by atoms with van der Waals surface area (Å²) in [7, 11) is 0. The highest BCUT2D eigenvalue weighted by Gasteiger charge is 2.27. The number of ether oxygens (including phenoxy) is 2. The first kappa shape index (κ1) is 20.1. The molecule has 7 nitrogen and oxygen atoms in total. The Morgan fingerprint density at radius 3 is 2.77 bits per heavy atom. The summed E-state index contributed by atoms with van der Waals surface area (Å²) in [5, 5.41) is 0.880. The number of pyridine rings is 2. The van der Waals surface area contributed by atoms with Gasteiger partial charge in [0.25, 0.3) is 5.91 Å². The molecule has 1 atom stereocenters. The molecule has 1 amide bonds. The van der Waals surface area contributed by atoms with Crippen LogP contribution >= 0.6 is 0 Å². The number of fused-ring (bicyclic) bond motifs is 1. The van der Waals surface area contributed by atoms with Gasteiger partial charge in [0.15, 0.2) is 0 Å². The smallest absolute Gasteiger partial charge is 0.254 e. The van der Waals surface area contributed by atoms with Crippen LogP contribution in [-0.4, -0.2) is 71.7 Å². The number of nitrogens with zero attached hydrogens (tertiary/aromatic N) is 4. The van der Waals surface area contributed by atoms with Crippen LogP contribution in [0.3, 0.4) is 0 Å². The summed E-state index contributed by atoms with van der Waals surface area (Å²) in [6.45, 7) is 5.43. The van der Waals surface area contributed by atoms with Crippen molar-refractivity contribution in [2.75, 3.05) is 46.0 Å². The van der Waals surface area contributed by atoms with E-state index in [1.165, 1.54) is 5.56 Å². The molecule has 5 rings (SSSR count). The van der Waals surface area contributed by atoms with Gasteiger partial charge in [-0.2, -0.15) is 0 Å². The number of amides is 1. The van der Waals surface area contributed by atoms with Crippen molar-refractivity contribution >= 4 is 16.8 Å². The maximum absolute atomic E-state index is 13.3. The fourth-order valence-electron chi connectivity index (χ4n) is 4.25. The highest BCUT2D eigenvalue weighted by molar-refractivity contribution is 6.06. The topological polar surface area (TPSA) is 67.8 Å². The van der Waals surface area contributed by atoms with E-state index in [1.807, 2.05) is 47.5 Å². The molecule has 2 aromatic heterocycles. The van der Waals surface area contributed by atoms with Crippen LogP contribution in [-0.2, 0) is 16.0 Å². The number of carbonyl (C=O) groups is 1. The fraction of sp³-hybridized carbons (Fsp3) is 0.375. The summed E-state index contributed by atoms with van der Waals surface area (Å²) in [4.78, 5) is 26.6. The summed E-state index contributed by atoms with van der Waals surface area (Å²) in [6.07, 6.45) is 3.52. The maximum Gasteiger partial charge on any atom is 0.254 e. The summed E-state index contributed by atoms with van der Waals surface area (Å²) in [5.41, 5.74) is 3.50. The van der Waals surface area contributed by atoms with E-state index in [9.17, 15) is 4.79 Å². The molecule has 0 unspecified atom stereocenters. The molecule has 2 aliphatic heterocycles. The fourth-order valence-corrected chi connectivity index (χ4v) is 4.25. The second kappa shape index (κ2) is 9.09. The van der Waals surface area contributed by atoms with Gasteiger partial charge in [0, 0.05) is 50.5 Å². The van der Waals surface area contributed by atoms with Gasteiger partial charge in [0.1, 0.15) is 6.10 Å². The molecule has 0 bridgehead atoms. The third-order valence-electron chi connectivity index (χ3n) is 5.87. The van der Waals surface area contributed by atoms with Crippen molar-refractivity contribution in [3.63, 3.8) is 0 Å². The lowest BCUT2D eigenvalue weighted by atomic mass is 10.0. The first-order chi connectivity index (χ1) is 15.3. The Bertz CT molecular complexity index is 1050. The van der Waals surface area contributed by atoms with E-state index in [4.69, 9.17) is 14.5 Å². The number of para-hydroxylation sites is 1. The Morgan fingerprint density at radius 2 is 1.94 bits per heavy atom. The van der Waals surface area contributed by atoms with Gasteiger partial charge in [-0.1, -0.05) is 24.3 Å². The lowest BCUT2D eigenvalue weighted by molar-refractivity contribution is -0.0349. The zero-order valence-corrected chi connectivity index (χ0v) is 17.4. The summed E-state index contributed by atoms with van der Waals surface area (Å²) in [5.74, 6) is 0.0335. The van der Waals surface area contributed by atoms with Crippen LogP contribution in [0.2, 0.25) is 0 Å². The standard InChI is InChI=1S/C24H26N4O3/c29-24(28-9-11-30-12-10-28)20-14-22(26-21-6-2-1-5-19(20)21)23-17-27(8-13-31-23)16-18-4-3-7-25-15-18/h1-7,14-15,23H,8-13,16-17H2/t23-/m1/s1. The molecule has 0 spiro atoms. The number of hydrogen-bond acceptors (Lipinski definition) is 6. The summed E-state index contributed by atoms with van der Waals surface area (Å²) >= 11 is 0. The Hall–Kier alpha value is -2.87. The first-order valence-corrected chi connectivity index (χ1v) is 10.8. The van der Waals surface area contributed by atoms with Crippen molar-refractivity contribution in [3.8, 4) is 0 Å². The minimum absolute atomic E-state index is 0.0335. The number of morpholine rings is 2. The van der Waals surface area contributed by atoms with Gasteiger partial charge in [-0.25, -0.2) is 4.98 Å². The Kier molecular flexibility index (Phi) is 5.88. The van der Waals surface area contributed by atoms with Crippen LogP contribution in [0.4, 0.5) is 0 Å². The quantitative estimate of drug-likeness (QED) is 0.649. The Balaban J connectivity index is 1.43. The largest absolute Gasteiger partial charge is 0.378 e. The molecule has 7 heteroatoms. The van der Waals surface area contributed by atoms with Gasteiger partial charge >= 0.3 is 0 Å². The molecule has 31 heavy (non-hydrogen) atoms. The van der Waals surface area contributed by atoms with Gasteiger partial charge in [0.2, 0.25) is 0 Å². The van der Waals surface area contributed by atoms with Crippen LogP contribution in [0.5, 0.6) is 0 Å². The number of benzene rings is 1. The molecule has 0 N–H and O–H groups in total. The molecule has 2 aliphatic rings. The van der Waals surface area contributed by atoms with Gasteiger partial charge in [-0.05, 0) is 23.8 Å². The van der Waals surface area contributed by atoms with Crippen molar-refractivity contribution in [1.29, 1.82) is 0 Å². The highest BCUT2D eigenvalue weighted by Crippen LogP contribution is 2.27. The van der Waals surface area contributed by atoms with E-state index < -0.39 is 0 Å². The average Bonchev–Trinajstić information content (AvgIpc) is 2.84. The molecule has 3 aromatic rings. The monoisotopic (exact) mass is 418 g/mol. The third kappa shape index (κ3) is 4.44. The van der Waals surface area contributed by atoms with Crippen LogP contribution in [0.25, 0.3) is 10.9 Å². The minimum Gasteiger partial charge on any atom is -0.378 e. The Morgan fingerprint density at radius 1 is 1.06 bits per heavy atom. The van der Waals surface area contributed by atoms with Crippen molar-refractivity contribution < 1.29 is 14.3 Å². The molecule has 0 radical (unpaired) electrons. The summed E-state index contributed by atoms with van der Waals surface area (Å²) < 4.78 is 11.5. The molecule has 0 aliphatic carbocycles. The van der Waals surface area contributed by atoms with Crippen LogP contribution in [0.15, 0.2) is 54.9 Å². The number of hydrogen-bond donors (Lipinski definition) is 0. The van der Waals surface area contributed by atoms with E-state index in [-0.39, 0.29) is 12.0 Å². The van der Waals surface area contributed by atoms with Crippen LogP contribution in [0, 0.1) is 0 Å². The van der Waals surface area contributed by atoms with E-state index in [0.29, 0.717) is 38.5 Å². The molecular weight excluding hydrogens is 392 g/mol. The average molecular weight is 418 g/mol. The number of rotatable bonds is 4. The molecular formula is C24H26N4O3. The predicted octanol–water partition coefficient (Wildman–Crippen LogP) is 2.68. The molecule has 0 saturated carbocycles. The van der Waals surface area contributed by atoms with Crippen molar-refractivity contribution in [3.05, 3.63) is 71.7 Å². The second-order valence-electron chi connectivity index (χ2n) is 7.97. The second-order valence-corrected chi connectivity index (χ2v) is 7.97. The zero-order chi connectivity index (χ0) is 21.0. The molecule has 2 saturated heterocycles. The number of carbonyl (C=O) groups excluding carboxylic acids is 1. The van der Waals surface area contributed by atoms with E-state index >= 15 is 0 Å². The molecule has 2 fully saturated rings. The first-order valence-electron chi connectivity index (χ1n) is 10.8. The van der Waals surface area contributed by atoms with Crippen LogP contribution < -0.4 is 0 Å². The molecule has 1 aromatic carbocycles. The normalized spacial score (nSPS) is 20.1. The van der Waals surface area contributed by atoms with Gasteiger partial charge in [-0.3, -0.25) is 14.7 Å². The maximum atomic E-state index is 13.3. The Labute approximate surface area is 181 Å². The third-order valence-corrected chi connectivity index (χ3v) is 5.87. The lowest BCUT2D eigenvalue weighted by Gasteiger charge is -2.33. The van der Waals surface area contributed by atoms with Gasteiger partial charge in [0.05, 0.1) is 36.6 Å². The molecule has 160 valence electrons. The highest BCUT2D eigenvalue weighted by atomic mass is 16.5. The zero-order valence-electron chi connectivity index (χ0n) is 17.4. The lowest BCUT2D eigenvalue weighted by Crippen LogP contribution is -2.41. The minimum atomic E-state index is -0.175. The van der Waals surface area contributed by atoms with Crippen molar-refractivity contribution in [1.82, 2.24) is 19.8 Å². The predicted molar refractivity (Wildman–Crippen MR) is 117 cm³/mol. The number of aromatic nitrogens is 2. The van der Waals surface area contributed by atoms with Crippen molar-refractivity contribution in [2.24, 2.45) is 0 Å². The van der Waals surface area contributed by atoms with Gasteiger partial charge in [-0.15, -0.1) is 0 Å². The SMILES string of the molecule is O=C(c1cc([C@H]2CN(Cc3cccnc3)CCO2)nc2ccccc12)N1CCOCC1. The summed E-state index contributed by atoms with van der Waals surface area (Å²) in [6, 6.07) is 13.8. The van der Waals surface area contributed by atoms with Crippen LogP contribution in [0.1, 0.15) is 27.7 Å². The van der Waals surface area contributed by atoms with E-state index in [2.05, 4.69) is 16.0 Å². The van der Waals surface area contributed by atoms with E-state index in [0.717, 1.165) is 36.2 Å². The molecule has 4 heterocycles. The van der Waals surface area contributed by atoms with E-state index in [1.54, 1.807) is 6.20 Å². The van der Waals surface area contributed by atoms with Crippen molar-refractivity contribution in [2.45, 2.75) is 12.6 Å². The van der Waals surface area contributed by atoms with Gasteiger partial charge < -0.3 is 14.4 Å².